The van der Waals surface area contributed by atoms with Crippen LogP contribution in [0.2, 0.25) is 0 Å². The molecule has 0 radical (unpaired) electrons. The summed E-state index contributed by atoms with van der Waals surface area (Å²) in [6, 6.07) is 8.46. The van der Waals surface area contributed by atoms with E-state index in [1.54, 1.807) is 12.3 Å². The maximum Gasteiger partial charge on any atom is 0.158 e. The van der Waals surface area contributed by atoms with Gasteiger partial charge in [0.1, 0.15) is 23.1 Å². The van der Waals surface area contributed by atoms with Gasteiger partial charge in [0, 0.05) is 18.8 Å². The minimum absolute atomic E-state index is 0.222. The van der Waals surface area contributed by atoms with Crippen molar-refractivity contribution in [2.75, 3.05) is 16.8 Å². The molecule has 0 amide bonds. The Bertz CT molecular complexity index is 856. The molecule has 0 N–H and O–H groups in total. The summed E-state index contributed by atoms with van der Waals surface area (Å²) in [5.41, 5.74) is 0.857. The largest absolute Gasteiger partial charge is 0.349 e. The van der Waals surface area contributed by atoms with Gasteiger partial charge < -0.3 is 9.80 Å². The van der Waals surface area contributed by atoms with Crippen LogP contribution in [0.1, 0.15) is 19.4 Å². The molecule has 1 fully saturated rings. The van der Waals surface area contributed by atoms with E-state index in [1.807, 2.05) is 37.9 Å². The molecule has 4 unspecified atom stereocenters. The first kappa shape index (κ1) is 13.2. The zero-order valence-corrected chi connectivity index (χ0v) is 13.1. The summed E-state index contributed by atoms with van der Waals surface area (Å²) in [5, 5.41) is 0.852. The fourth-order valence-electron chi connectivity index (χ4n) is 4.57. The number of halogens is 2. The Labute approximate surface area is 132 Å². The van der Waals surface area contributed by atoms with Gasteiger partial charge in [0.25, 0.3) is 0 Å². The van der Waals surface area contributed by atoms with Gasteiger partial charge in [-0.05, 0) is 44.2 Å². The number of benzene rings is 1. The molecule has 1 aromatic heterocycles. The second-order valence-corrected chi connectivity index (χ2v) is 6.86. The van der Waals surface area contributed by atoms with Crippen LogP contribution in [-0.4, -0.2) is 28.9 Å². The highest BCUT2D eigenvalue weighted by molar-refractivity contribution is 5.86. The predicted octanol–water partition coefficient (Wildman–Crippen LogP) is 3.32. The number of rotatable bonds is 0. The minimum atomic E-state index is -0.831. The van der Waals surface area contributed by atoms with Gasteiger partial charge in [-0.3, -0.25) is 0 Å². The monoisotopic (exact) mass is 314 g/mol. The van der Waals surface area contributed by atoms with E-state index in [0.717, 1.165) is 22.3 Å². The van der Waals surface area contributed by atoms with Crippen LogP contribution >= 0.6 is 0 Å². The molecule has 4 atom stereocenters. The molecule has 1 aromatic carbocycles. The van der Waals surface area contributed by atoms with E-state index >= 15 is 0 Å². The summed E-state index contributed by atoms with van der Waals surface area (Å²) in [6.45, 7) is 3.73. The van der Waals surface area contributed by atoms with Crippen LogP contribution in [0.4, 0.5) is 26.1 Å². The summed E-state index contributed by atoms with van der Waals surface area (Å²) in [7, 11) is 1.96. The molecule has 0 spiro atoms. The van der Waals surface area contributed by atoms with Crippen molar-refractivity contribution >= 4 is 17.2 Å². The van der Waals surface area contributed by atoms with E-state index in [1.165, 1.54) is 12.1 Å². The van der Waals surface area contributed by atoms with E-state index in [9.17, 15) is 8.87 Å². The van der Waals surface area contributed by atoms with Crippen molar-refractivity contribution in [3.63, 3.8) is 0 Å². The molecule has 23 heavy (non-hydrogen) atoms. The van der Waals surface area contributed by atoms with Crippen LogP contribution in [0, 0.1) is 5.82 Å². The molecule has 0 bridgehead atoms. The number of anilines is 3. The third-order valence-corrected chi connectivity index (χ3v) is 5.97. The molecule has 4 nitrogen and oxygen atoms in total. The smallest absolute Gasteiger partial charge is 0.158 e. The minimum Gasteiger partial charge on any atom is -0.349 e. The highest BCUT2D eigenvalue weighted by Gasteiger charge is 2.81. The van der Waals surface area contributed by atoms with E-state index in [0.29, 0.717) is 5.56 Å². The topological polar surface area (TPSA) is 22.4 Å². The predicted molar refractivity (Wildman–Crippen MR) is 83.7 cm³/mol. The Hall–Kier alpha value is -2.21. The van der Waals surface area contributed by atoms with Crippen molar-refractivity contribution < 1.29 is 8.87 Å². The Morgan fingerprint density at radius 2 is 1.96 bits per heavy atom. The lowest BCUT2D eigenvalue weighted by atomic mass is 9.81. The molecule has 5 rings (SSSR count). The second-order valence-electron chi connectivity index (χ2n) is 6.86. The van der Waals surface area contributed by atoms with E-state index in [2.05, 4.69) is 9.88 Å². The van der Waals surface area contributed by atoms with Crippen molar-refractivity contribution in [1.82, 2.24) is 10.1 Å². The van der Waals surface area contributed by atoms with Crippen LogP contribution < -0.4 is 9.80 Å². The van der Waals surface area contributed by atoms with Gasteiger partial charge in [0.15, 0.2) is 5.82 Å². The van der Waals surface area contributed by atoms with Crippen LogP contribution in [0.15, 0.2) is 36.5 Å². The average Bonchev–Trinajstić information content (AvgIpc) is 2.86. The number of aromatic nitrogens is 1. The number of likely N-dealkylation sites (N-methyl/N-ethyl adjacent to an activating group) is 1. The SMILES string of the molecule is CN1c2cccnc2N2c3ccc(F)cc3C3(C)N(F)C3(C)C12. The molecule has 118 valence electrons. The standard InChI is InChI=1S/C17H16F2N4/c1-16-11-9-10(18)6-7-12(11)22-14-13(5-4-8-20-14)21(3)15(22)17(16,2)23(16)19/h4-9,15H,1-3H3. The lowest BCUT2D eigenvalue weighted by molar-refractivity contribution is 0.102. The van der Waals surface area contributed by atoms with Gasteiger partial charge in [-0.1, -0.05) is 0 Å². The number of nitrogens with zero attached hydrogens (tertiary/aromatic N) is 4. The van der Waals surface area contributed by atoms with Gasteiger partial charge in [0.05, 0.1) is 11.4 Å². The summed E-state index contributed by atoms with van der Waals surface area (Å²) >= 11 is 0. The van der Waals surface area contributed by atoms with Gasteiger partial charge in [0.2, 0.25) is 0 Å². The number of hydrogen-bond acceptors (Lipinski definition) is 4. The van der Waals surface area contributed by atoms with Crippen molar-refractivity contribution in [1.29, 1.82) is 0 Å². The van der Waals surface area contributed by atoms with Gasteiger partial charge in [-0.15, -0.1) is 9.60 Å². The molecular weight excluding hydrogens is 298 g/mol. The number of hydrogen-bond donors (Lipinski definition) is 0. The van der Waals surface area contributed by atoms with Gasteiger partial charge >= 0.3 is 0 Å². The Morgan fingerprint density at radius 3 is 2.74 bits per heavy atom. The van der Waals surface area contributed by atoms with Crippen molar-refractivity contribution in [2.24, 2.45) is 0 Å². The lowest BCUT2D eigenvalue weighted by Crippen LogP contribution is -2.54. The molecule has 3 aliphatic heterocycles. The van der Waals surface area contributed by atoms with E-state index < -0.39 is 11.1 Å². The van der Waals surface area contributed by atoms with E-state index in [-0.39, 0.29) is 12.0 Å². The third-order valence-electron chi connectivity index (χ3n) is 5.97. The first-order valence-electron chi connectivity index (χ1n) is 7.65. The first-order chi connectivity index (χ1) is 10.9. The second kappa shape index (κ2) is 3.64. The highest BCUT2D eigenvalue weighted by atomic mass is 19.2. The quantitative estimate of drug-likeness (QED) is 0.549. The van der Waals surface area contributed by atoms with Crippen molar-refractivity contribution in [2.45, 2.75) is 31.1 Å². The zero-order valence-electron chi connectivity index (χ0n) is 13.1. The molecule has 3 aliphatic rings. The normalized spacial score (nSPS) is 36.2. The maximum absolute atomic E-state index is 14.9. The van der Waals surface area contributed by atoms with E-state index in [4.69, 9.17) is 0 Å². The Morgan fingerprint density at radius 1 is 1.17 bits per heavy atom. The van der Waals surface area contributed by atoms with Crippen LogP contribution in [0.5, 0.6) is 0 Å². The molecule has 0 saturated carbocycles. The molecule has 6 heteroatoms. The van der Waals surface area contributed by atoms with Crippen LogP contribution in [0.3, 0.4) is 0 Å². The maximum atomic E-state index is 14.9. The molecule has 1 saturated heterocycles. The zero-order chi connectivity index (χ0) is 16.1. The van der Waals surface area contributed by atoms with Crippen LogP contribution in [0.25, 0.3) is 0 Å². The van der Waals surface area contributed by atoms with Crippen molar-refractivity contribution in [3.8, 4) is 0 Å². The highest BCUT2D eigenvalue weighted by Crippen LogP contribution is 2.69. The summed E-state index contributed by atoms with van der Waals surface area (Å²) in [4.78, 5) is 8.59. The molecule has 2 aromatic rings. The summed E-state index contributed by atoms with van der Waals surface area (Å²) in [6.07, 6.45) is 1.51. The number of pyridine rings is 1. The summed E-state index contributed by atoms with van der Waals surface area (Å²) in [5.74, 6) is 0.441. The molecular formula is C17H16F2N4. The first-order valence-corrected chi connectivity index (χ1v) is 7.65. The van der Waals surface area contributed by atoms with Gasteiger partial charge in [-0.25, -0.2) is 9.37 Å². The van der Waals surface area contributed by atoms with Crippen LogP contribution in [-0.2, 0) is 5.54 Å². The van der Waals surface area contributed by atoms with Gasteiger partial charge in [-0.2, -0.15) is 0 Å². The average molecular weight is 314 g/mol. The number of fused-ring (bicyclic) bond motifs is 8. The summed E-state index contributed by atoms with van der Waals surface area (Å²) < 4.78 is 28.8. The lowest BCUT2D eigenvalue weighted by Gasteiger charge is -2.40. The fraction of sp³-hybridized carbons (Fsp3) is 0.353. The molecule has 0 aliphatic carbocycles. The molecule has 4 heterocycles. The Kier molecular flexibility index (Phi) is 2.10. The fourth-order valence-corrected chi connectivity index (χ4v) is 4.57. The van der Waals surface area contributed by atoms with Crippen molar-refractivity contribution in [3.05, 3.63) is 47.9 Å². The Balaban J connectivity index is 1.85. The third kappa shape index (κ3) is 1.18.